The molecule has 3 heterocycles. The van der Waals surface area contributed by atoms with Crippen molar-refractivity contribution in [3.8, 4) is 5.75 Å². The lowest BCUT2D eigenvalue weighted by Crippen LogP contribution is -2.39. The number of benzene rings is 1. The van der Waals surface area contributed by atoms with Crippen molar-refractivity contribution in [2.24, 2.45) is 18.9 Å². The number of nitrogens with zero attached hydrogens (tertiary/aromatic N) is 4. The third-order valence-corrected chi connectivity index (χ3v) is 6.19. The summed E-state index contributed by atoms with van der Waals surface area (Å²) in [4.78, 5) is 35.3. The summed E-state index contributed by atoms with van der Waals surface area (Å²) in [6.07, 6.45) is 2.81. The van der Waals surface area contributed by atoms with Gasteiger partial charge in [-0.1, -0.05) is 25.4 Å². The fourth-order valence-electron chi connectivity index (χ4n) is 4.39. The molecule has 2 atom stereocenters. The summed E-state index contributed by atoms with van der Waals surface area (Å²) in [5.74, 6) is 1.79. The number of hydrogen-bond acceptors (Lipinski definition) is 8. The predicted molar refractivity (Wildman–Crippen MR) is 132 cm³/mol. The smallest absolute Gasteiger partial charge is 0.343 e. The number of carbonyl (C=O) groups excluding carboxylic acids is 1. The van der Waals surface area contributed by atoms with Crippen molar-refractivity contribution >= 4 is 45.9 Å². The van der Waals surface area contributed by atoms with E-state index in [9.17, 15) is 9.59 Å². The molecule has 0 amide bonds. The minimum atomic E-state index is -0.565. The standard InChI is InChI=1S/C24H28ClN5O4/c1-14-7-15(2)12-30(11-14)24-26-10-18(25)22(28-24)27-17-5-6-19-16(8-17)9-20(23(32)29(19)3)34-13-21(31)33-4/h5-6,8-10,14-15H,7,11-13H2,1-4H3,(H,26,27,28). The maximum absolute atomic E-state index is 12.6. The average Bonchev–Trinajstić information content (AvgIpc) is 2.81. The van der Waals surface area contributed by atoms with Gasteiger partial charge >= 0.3 is 5.97 Å². The van der Waals surface area contributed by atoms with Crippen LogP contribution in [0.3, 0.4) is 0 Å². The molecule has 0 spiro atoms. The first-order valence-electron chi connectivity index (χ1n) is 11.1. The minimum Gasteiger partial charge on any atom is -0.476 e. The van der Waals surface area contributed by atoms with Gasteiger partial charge in [0.15, 0.2) is 18.2 Å². The van der Waals surface area contributed by atoms with Crippen molar-refractivity contribution in [2.45, 2.75) is 20.3 Å². The molecule has 2 aromatic heterocycles. The molecule has 0 bridgehead atoms. The van der Waals surface area contributed by atoms with E-state index in [2.05, 4.69) is 38.8 Å². The van der Waals surface area contributed by atoms with Gasteiger partial charge in [0, 0.05) is 31.2 Å². The number of hydrogen-bond donors (Lipinski definition) is 1. The Labute approximate surface area is 202 Å². The van der Waals surface area contributed by atoms with Crippen molar-refractivity contribution in [1.82, 2.24) is 14.5 Å². The first-order valence-corrected chi connectivity index (χ1v) is 11.5. The van der Waals surface area contributed by atoms with Crippen LogP contribution in [-0.4, -0.2) is 47.3 Å². The van der Waals surface area contributed by atoms with Gasteiger partial charge in [0.25, 0.3) is 5.56 Å². The molecule has 10 heteroatoms. The van der Waals surface area contributed by atoms with Crippen LogP contribution < -0.4 is 20.5 Å². The number of aryl methyl sites for hydroxylation is 1. The lowest BCUT2D eigenvalue weighted by atomic mass is 9.92. The summed E-state index contributed by atoms with van der Waals surface area (Å²) in [6.45, 7) is 5.95. The predicted octanol–water partition coefficient (Wildman–Crippen LogP) is 3.76. The van der Waals surface area contributed by atoms with Gasteiger partial charge in [-0.2, -0.15) is 4.98 Å². The molecule has 3 aromatic rings. The number of carbonyl (C=O) groups is 1. The van der Waals surface area contributed by atoms with Crippen LogP contribution in [0.15, 0.2) is 35.3 Å². The molecule has 1 saturated heterocycles. The number of methoxy groups -OCH3 is 1. The zero-order valence-electron chi connectivity index (χ0n) is 19.7. The molecule has 0 radical (unpaired) electrons. The number of aromatic nitrogens is 3. The van der Waals surface area contributed by atoms with Crippen LogP contribution in [-0.2, 0) is 16.6 Å². The molecule has 1 fully saturated rings. The molecule has 9 nitrogen and oxygen atoms in total. The monoisotopic (exact) mass is 485 g/mol. The van der Waals surface area contributed by atoms with Crippen LogP contribution in [0.1, 0.15) is 20.3 Å². The SMILES string of the molecule is COC(=O)COc1cc2cc(Nc3nc(N4CC(C)CC(C)C4)ncc3Cl)ccc2n(C)c1=O. The molecule has 4 rings (SSSR count). The van der Waals surface area contributed by atoms with Crippen LogP contribution in [0, 0.1) is 11.8 Å². The topological polar surface area (TPSA) is 98.6 Å². The van der Waals surface area contributed by atoms with Crippen molar-refractivity contribution < 1.29 is 14.3 Å². The van der Waals surface area contributed by atoms with Crippen LogP contribution in [0.4, 0.5) is 17.5 Å². The van der Waals surface area contributed by atoms with Crippen LogP contribution in [0.5, 0.6) is 5.75 Å². The Morgan fingerprint density at radius 2 is 1.97 bits per heavy atom. The summed E-state index contributed by atoms with van der Waals surface area (Å²) in [5, 5.41) is 4.42. The highest BCUT2D eigenvalue weighted by atomic mass is 35.5. The average molecular weight is 486 g/mol. The minimum absolute atomic E-state index is 0.0632. The largest absolute Gasteiger partial charge is 0.476 e. The van der Waals surface area contributed by atoms with Gasteiger partial charge in [-0.15, -0.1) is 0 Å². The van der Waals surface area contributed by atoms with Crippen molar-refractivity contribution in [2.75, 3.05) is 37.0 Å². The Kier molecular flexibility index (Phi) is 6.92. The highest BCUT2D eigenvalue weighted by Crippen LogP contribution is 2.29. The number of fused-ring (bicyclic) bond motifs is 1. The van der Waals surface area contributed by atoms with Gasteiger partial charge in [-0.3, -0.25) is 4.79 Å². The fourth-order valence-corrected chi connectivity index (χ4v) is 4.53. The number of pyridine rings is 1. The molecular formula is C24H28ClN5O4. The molecule has 2 unspecified atom stereocenters. The maximum atomic E-state index is 12.6. The maximum Gasteiger partial charge on any atom is 0.343 e. The van der Waals surface area contributed by atoms with E-state index < -0.39 is 5.97 Å². The normalized spacial score (nSPS) is 18.1. The number of ether oxygens (including phenoxy) is 2. The van der Waals surface area contributed by atoms with E-state index in [4.69, 9.17) is 16.3 Å². The van der Waals surface area contributed by atoms with E-state index in [0.717, 1.165) is 24.2 Å². The van der Waals surface area contributed by atoms with Crippen molar-refractivity contribution in [3.63, 3.8) is 0 Å². The number of rotatable bonds is 6. The van der Waals surface area contributed by atoms with E-state index in [1.54, 1.807) is 19.3 Å². The summed E-state index contributed by atoms with van der Waals surface area (Å²) in [6, 6.07) is 7.14. The van der Waals surface area contributed by atoms with E-state index in [1.807, 2.05) is 18.2 Å². The van der Waals surface area contributed by atoms with Gasteiger partial charge in [0.1, 0.15) is 5.02 Å². The van der Waals surface area contributed by atoms with E-state index in [-0.39, 0.29) is 17.9 Å². The number of esters is 1. The molecule has 1 aromatic carbocycles. The van der Waals surface area contributed by atoms with Gasteiger partial charge in [0.05, 0.1) is 18.8 Å². The molecule has 0 saturated carbocycles. The van der Waals surface area contributed by atoms with Gasteiger partial charge < -0.3 is 24.3 Å². The summed E-state index contributed by atoms with van der Waals surface area (Å²) in [7, 11) is 2.91. The molecule has 34 heavy (non-hydrogen) atoms. The first-order chi connectivity index (χ1) is 16.2. The summed E-state index contributed by atoms with van der Waals surface area (Å²) >= 11 is 6.40. The third kappa shape index (κ3) is 5.09. The first kappa shape index (κ1) is 23.8. The van der Waals surface area contributed by atoms with Crippen LogP contribution in [0.25, 0.3) is 10.9 Å². The molecule has 1 aliphatic rings. The zero-order chi connectivity index (χ0) is 24.4. The summed E-state index contributed by atoms with van der Waals surface area (Å²) in [5.41, 5.74) is 1.11. The Morgan fingerprint density at radius 3 is 2.68 bits per heavy atom. The second kappa shape index (κ2) is 9.89. The highest BCUT2D eigenvalue weighted by Gasteiger charge is 2.24. The summed E-state index contributed by atoms with van der Waals surface area (Å²) < 4.78 is 11.4. The number of piperidine rings is 1. The van der Waals surface area contributed by atoms with Gasteiger partial charge in [-0.25, -0.2) is 9.78 Å². The van der Waals surface area contributed by atoms with E-state index in [1.165, 1.54) is 18.1 Å². The van der Waals surface area contributed by atoms with Gasteiger partial charge in [0.2, 0.25) is 5.95 Å². The zero-order valence-corrected chi connectivity index (χ0v) is 20.4. The number of nitrogens with one attached hydrogen (secondary N) is 1. The Balaban J connectivity index is 1.62. The second-order valence-corrected chi connectivity index (χ2v) is 9.26. The van der Waals surface area contributed by atoms with Crippen LogP contribution >= 0.6 is 11.6 Å². The van der Waals surface area contributed by atoms with E-state index >= 15 is 0 Å². The highest BCUT2D eigenvalue weighted by molar-refractivity contribution is 6.32. The number of halogens is 1. The third-order valence-electron chi connectivity index (χ3n) is 5.91. The lowest BCUT2D eigenvalue weighted by Gasteiger charge is -2.35. The second-order valence-electron chi connectivity index (χ2n) is 8.85. The molecule has 180 valence electrons. The Hall–Kier alpha value is -3.33. The van der Waals surface area contributed by atoms with Crippen LogP contribution in [0.2, 0.25) is 5.02 Å². The molecule has 0 aliphatic carbocycles. The number of anilines is 3. The van der Waals surface area contributed by atoms with Gasteiger partial charge in [-0.05, 0) is 42.5 Å². The molecule has 1 aliphatic heterocycles. The van der Waals surface area contributed by atoms with Crippen molar-refractivity contribution in [3.05, 3.63) is 45.8 Å². The molecular weight excluding hydrogens is 458 g/mol. The van der Waals surface area contributed by atoms with E-state index in [0.29, 0.717) is 34.1 Å². The Bertz CT molecular complexity index is 1270. The van der Waals surface area contributed by atoms with Crippen molar-refractivity contribution in [1.29, 1.82) is 0 Å². The Morgan fingerprint density at radius 1 is 1.24 bits per heavy atom. The molecule has 1 N–H and O–H groups in total. The fraction of sp³-hybridized carbons (Fsp3) is 0.417. The lowest BCUT2D eigenvalue weighted by molar-refractivity contribution is -0.142. The quantitative estimate of drug-likeness (QED) is 0.527.